The van der Waals surface area contributed by atoms with Crippen LogP contribution in [0.1, 0.15) is 284 Å². The molecule has 0 N–H and O–H groups in total. The lowest BCUT2D eigenvalue weighted by molar-refractivity contribution is -0.167. The molecule has 0 bridgehead atoms. The minimum Gasteiger partial charge on any atom is -0.462 e. The molecule has 402 valence electrons. The third-order valence-electron chi connectivity index (χ3n) is 12.6. The van der Waals surface area contributed by atoms with Gasteiger partial charge in [0.1, 0.15) is 13.2 Å². The Bertz CT molecular complexity index is 1350. The number of ether oxygens (including phenoxy) is 3. The maximum atomic E-state index is 12.9. The summed E-state index contributed by atoms with van der Waals surface area (Å²) in [7, 11) is 0. The van der Waals surface area contributed by atoms with Crippen LogP contribution in [0.25, 0.3) is 0 Å². The normalized spacial score (nSPS) is 12.7. The molecule has 0 radical (unpaired) electrons. The fourth-order valence-electron chi connectivity index (χ4n) is 8.21. The van der Waals surface area contributed by atoms with Crippen LogP contribution in [0.3, 0.4) is 0 Å². The van der Waals surface area contributed by atoms with Gasteiger partial charge in [-0.25, -0.2) is 0 Å². The van der Waals surface area contributed by atoms with E-state index in [-0.39, 0.29) is 31.1 Å². The number of carbonyl (C=O) groups is 3. The molecule has 0 fully saturated rings. The van der Waals surface area contributed by atoms with Crippen LogP contribution < -0.4 is 0 Å². The summed E-state index contributed by atoms with van der Waals surface area (Å²) in [5, 5.41) is 0. The first-order chi connectivity index (χ1) is 34.5. The van der Waals surface area contributed by atoms with Crippen molar-refractivity contribution in [2.45, 2.75) is 290 Å². The monoisotopic (exact) mass is 975 g/mol. The van der Waals surface area contributed by atoms with E-state index in [2.05, 4.69) is 106 Å². The highest BCUT2D eigenvalue weighted by Crippen LogP contribution is 2.15. The van der Waals surface area contributed by atoms with Gasteiger partial charge in [0, 0.05) is 19.3 Å². The SMILES string of the molecule is CC/C=C\C/C=C\C/C=C\C/C=C\C/C=C\C/C=C\CCCCCCC(=O)OCC(COC(=O)CCCCCCCCCCCCCC)OC(=O)CCCCCCCCC/C=C\CCCCCCCC. The molecule has 0 aromatic rings. The second-order valence-electron chi connectivity index (χ2n) is 19.5. The van der Waals surface area contributed by atoms with Crippen molar-refractivity contribution in [1.82, 2.24) is 0 Å². The van der Waals surface area contributed by atoms with E-state index in [0.29, 0.717) is 19.3 Å². The topological polar surface area (TPSA) is 78.9 Å². The summed E-state index contributed by atoms with van der Waals surface area (Å²) in [6, 6.07) is 0. The van der Waals surface area contributed by atoms with Crippen LogP contribution in [0, 0.1) is 0 Å². The molecule has 0 spiro atoms. The molecule has 0 aliphatic rings. The summed E-state index contributed by atoms with van der Waals surface area (Å²) >= 11 is 0. The predicted octanol–water partition coefficient (Wildman–Crippen LogP) is 19.9. The van der Waals surface area contributed by atoms with Crippen molar-refractivity contribution in [3.63, 3.8) is 0 Å². The first-order valence-corrected chi connectivity index (χ1v) is 29.6. The standard InChI is InChI=1S/C64H110O6/c1-4-7-10-13-16-19-22-25-27-29-30-31-32-33-34-36-37-39-42-45-48-51-54-57-63(66)69-60-61(59-68-62(65)56-53-50-47-44-41-24-21-18-15-12-9-6-3)70-64(67)58-55-52-49-46-43-40-38-35-28-26-23-20-17-14-11-8-5-2/h7,10,16,19,25-28,30-31,33-34,37,39,61H,4-6,8-9,11-15,17-18,20-24,29,32,35-36,38,40-60H2,1-3H3/b10-7-,19-16-,27-25-,28-26-,31-30-,34-33-,39-37-. The summed E-state index contributed by atoms with van der Waals surface area (Å²) in [6.07, 6.45) is 75.7. The number of esters is 3. The number of rotatable bonds is 53. The highest BCUT2D eigenvalue weighted by atomic mass is 16.6. The Balaban J connectivity index is 4.39. The lowest BCUT2D eigenvalue weighted by atomic mass is 10.0. The van der Waals surface area contributed by atoms with Gasteiger partial charge >= 0.3 is 17.9 Å². The molecule has 0 saturated heterocycles. The van der Waals surface area contributed by atoms with Crippen LogP contribution in [-0.2, 0) is 28.6 Å². The predicted molar refractivity (Wildman–Crippen MR) is 302 cm³/mol. The quantitative estimate of drug-likeness (QED) is 0.0261. The fourth-order valence-corrected chi connectivity index (χ4v) is 8.21. The second-order valence-corrected chi connectivity index (χ2v) is 19.5. The van der Waals surface area contributed by atoms with Crippen molar-refractivity contribution >= 4 is 17.9 Å². The Labute approximate surface area is 433 Å². The van der Waals surface area contributed by atoms with Crippen molar-refractivity contribution in [3.8, 4) is 0 Å². The summed E-state index contributed by atoms with van der Waals surface area (Å²) < 4.78 is 16.9. The van der Waals surface area contributed by atoms with E-state index in [1.807, 2.05) is 0 Å². The van der Waals surface area contributed by atoms with E-state index in [1.165, 1.54) is 135 Å². The molecule has 0 amide bonds. The molecule has 0 rings (SSSR count). The molecule has 0 heterocycles. The number of allylic oxidation sites excluding steroid dienone is 14. The summed E-state index contributed by atoms with van der Waals surface area (Å²) in [6.45, 7) is 6.51. The van der Waals surface area contributed by atoms with Gasteiger partial charge in [0.2, 0.25) is 0 Å². The molecule has 0 aromatic heterocycles. The third kappa shape index (κ3) is 55.5. The zero-order chi connectivity index (χ0) is 50.7. The van der Waals surface area contributed by atoms with E-state index in [0.717, 1.165) is 109 Å². The fraction of sp³-hybridized carbons (Fsp3) is 0.734. The van der Waals surface area contributed by atoms with Crippen molar-refractivity contribution in [2.75, 3.05) is 13.2 Å². The van der Waals surface area contributed by atoms with Crippen LogP contribution in [0.15, 0.2) is 85.1 Å². The van der Waals surface area contributed by atoms with Gasteiger partial charge in [0.05, 0.1) is 0 Å². The van der Waals surface area contributed by atoms with Gasteiger partial charge in [-0.1, -0.05) is 254 Å². The molecule has 1 unspecified atom stereocenters. The Morgan fingerprint density at radius 1 is 0.300 bits per heavy atom. The van der Waals surface area contributed by atoms with Crippen molar-refractivity contribution in [2.24, 2.45) is 0 Å². The minimum atomic E-state index is -0.788. The summed E-state index contributed by atoms with van der Waals surface area (Å²) in [5.41, 5.74) is 0. The third-order valence-corrected chi connectivity index (χ3v) is 12.6. The molecule has 6 heteroatoms. The zero-order valence-corrected chi connectivity index (χ0v) is 46.0. The largest absolute Gasteiger partial charge is 0.462 e. The first kappa shape index (κ1) is 66.6. The van der Waals surface area contributed by atoms with Crippen LogP contribution in [0.4, 0.5) is 0 Å². The van der Waals surface area contributed by atoms with Gasteiger partial charge in [-0.15, -0.1) is 0 Å². The Morgan fingerprint density at radius 3 is 0.886 bits per heavy atom. The van der Waals surface area contributed by atoms with Crippen LogP contribution in [-0.4, -0.2) is 37.2 Å². The number of unbranched alkanes of at least 4 members (excludes halogenated alkanes) is 28. The van der Waals surface area contributed by atoms with Gasteiger partial charge in [-0.2, -0.15) is 0 Å². The Hall–Kier alpha value is -3.41. The van der Waals surface area contributed by atoms with Gasteiger partial charge in [0.25, 0.3) is 0 Å². The highest BCUT2D eigenvalue weighted by molar-refractivity contribution is 5.71. The van der Waals surface area contributed by atoms with Gasteiger partial charge in [-0.3, -0.25) is 14.4 Å². The van der Waals surface area contributed by atoms with Gasteiger partial charge < -0.3 is 14.2 Å². The average Bonchev–Trinajstić information content (AvgIpc) is 3.36. The lowest BCUT2D eigenvalue weighted by Crippen LogP contribution is -2.30. The lowest BCUT2D eigenvalue weighted by Gasteiger charge is -2.18. The van der Waals surface area contributed by atoms with Crippen LogP contribution >= 0.6 is 0 Å². The van der Waals surface area contributed by atoms with Crippen LogP contribution in [0.2, 0.25) is 0 Å². The molecule has 1 atom stereocenters. The summed E-state index contributed by atoms with van der Waals surface area (Å²) in [5.74, 6) is -0.907. The van der Waals surface area contributed by atoms with E-state index in [4.69, 9.17) is 14.2 Å². The van der Waals surface area contributed by atoms with Crippen molar-refractivity contribution in [1.29, 1.82) is 0 Å². The average molecular weight is 976 g/mol. The number of hydrogen-bond acceptors (Lipinski definition) is 6. The minimum absolute atomic E-state index is 0.0844. The molecule has 0 aromatic carbocycles. The van der Waals surface area contributed by atoms with E-state index in [1.54, 1.807) is 0 Å². The molecular formula is C64H110O6. The Morgan fingerprint density at radius 2 is 0.557 bits per heavy atom. The molecular weight excluding hydrogens is 865 g/mol. The van der Waals surface area contributed by atoms with Gasteiger partial charge in [0.15, 0.2) is 6.10 Å². The van der Waals surface area contributed by atoms with Crippen LogP contribution in [0.5, 0.6) is 0 Å². The number of carbonyl (C=O) groups excluding carboxylic acids is 3. The smallest absolute Gasteiger partial charge is 0.306 e. The second kappa shape index (κ2) is 58.2. The highest BCUT2D eigenvalue weighted by Gasteiger charge is 2.19. The number of hydrogen-bond donors (Lipinski definition) is 0. The maximum absolute atomic E-state index is 12.9. The van der Waals surface area contributed by atoms with Gasteiger partial charge in [-0.05, 0) is 96.3 Å². The molecule has 0 aliphatic heterocycles. The van der Waals surface area contributed by atoms with E-state index >= 15 is 0 Å². The van der Waals surface area contributed by atoms with Crippen molar-refractivity contribution < 1.29 is 28.6 Å². The molecule has 6 nitrogen and oxygen atoms in total. The van der Waals surface area contributed by atoms with Crippen molar-refractivity contribution in [3.05, 3.63) is 85.1 Å². The molecule has 0 aliphatic carbocycles. The molecule has 0 saturated carbocycles. The first-order valence-electron chi connectivity index (χ1n) is 29.6. The zero-order valence-electron chi connectivity index (χ0n) is 46.0. The van der Waals surface area contributed by atoms with E-state index < -0.39 is 6.10 Å². The van der Waals surface area contributed by atoms with E-state index in [9.17, 15) is 14.4 Å². The summed E-state index contributed by atoms with van der Waals surface area (Å²) in [4.78, 5) is 38.2. The molecule has 70 heavy (non-hydrogen) atoms. The maximum Gasteiger partial charge on any atom is 0.306 e. The Kier molecular flexibility index (Phi) is 55.3.